The Morgan fingerprint density at radius 2 is 1.93 bits per heavy atom. The molecule has 2 amide bonds. The summed E-state index contributed by atoms with van der Waals surface area (Å²) in [4.78, 5) is 26.7. The predicted molar refractivity (Wildman–Crippen MR) is 112 cm³/mol. The number of anilines is 3. The van der Waals surface area contributed by atoms with Crippen molar-refractivity contribution >= 4 is 28.9 Å². The van der Waals surface area contributed by atoms with Crippen LogP contribution in [0.5, 0.6) is 5.75 Å². The van der Waals surface area contributed by atoms with Crippen LogP contribution in [-0.4, -0.2) is 31.5 Å². The highest BCUT2D eigenvalue weighted by molar-refractivity contribution is 6.11. The fourth-order valence-corrected chi connectivity index (χ4v) is 3.25. The molecule has 0 aliphatic carbocycles. The highest BCUT2D eigenvalue weighted by Gasteiger charge is 2.30. The van der Waals surface area contributed by atoms with E-state index in [1.165, 1.54) is 4.90 Å². The SMILES string of the molecule is COc1ccc(C(C)(C)C)cc1N[C@@H](C)C(=O)N1CC(=O)Nc2ccccc21. The molecule has 0 bridgehead atoms. The van der Waals surface area contributed by atoms with Gasteiger partial charge in [-0.25, -0.2) is 0 Å². The molecule has 2 aromatic carbocycles. The number of ether oxygens (including phenoxy) is 1. The second-order valence-corrected chi connectivity index (χ2v) is 8.02. The van der Waals surface area contributed by atoms with Gasteiger partial charge in [0.15, 0.2) is 0 Å². The molecule has 0 saturated heterocycles. The van der Waals surface area contributed by atoms with Crippen molar-refractivity contribution in [1.82, 2.24) is 0 Å². The molecule has 28 heavy (non-hydrogen) atoms. The molecule has 2 N–H and O–H groups in total. The van der Waals surface area contributed by atoms with Crippen LogP contribution in [0.25, 0.3) is 0 Å². The van der Waals surface area contributed by atoms with Crippen LogP contribution in [0, 0.1) is 0 Å². The lowest BCUT2D eigenvalue weighted by molar-refractivity contribution is -0.122. The summed E-state index contributed by atoms with van der Waals surface area (Å²) in [7, 11) is 1.61. The Morgan fingerprint density at radius 3 is 2.61 bits per heavy atom. The number of hydrogen-bond donors (Lipinski definition) is 2. The second-order valence-electron chi connectivity index (χ2n) is 8.02. The highest BCUT2D eigenvalue weighted by Crippen LogP contribution is 2.33. The number of amides is 2. The van der Waals surface area contributed by atoms with Gasteiger partial charge in [-0.3, -0.25) is 14.5 Å². The molecule has 0 saturated carbocycles. The van der Waals surface area contributed by atoms with E-state index < -0.39 is 6.04 Å². The Kier molecular flexibility index (Phi) is 5.31. The van der Waals surface area contributed by atoms with Gasteiger partial charge in [-0.2, -0.15) is 0 Å². The van der Waals surface area contributed by atoms with Gasteiger partial charge < -0.3 is 15.4 Å². The van der Waals surface area contributed by atoms with E-state index in [9.17, 15) is 9.59 Å². The minimum Gasteiger partial charge on any atom is -0.495 e. The molecule has 1 atom stereocenters. The fraction of sp³-hybridized carbons (Fsp3) is 0.364. The number of para-hydroxylation sites is 2. The molecule has 0 unspecified atom stereocenters. The summed E-state index contributed by atoms with van der Waals surface area (Å²) < 4.78 is 5.46. The van der Waals surface area contributed by atoms with Crippen molar-refractivity contribution in [2.24, 2.45) is 0 Å². The second kappa shape index (κ2) is 7.54. The van der Waals surface area contributed by atoms with Crippen molar-refractivity contribution in [2.45, 2.75) is 39.2 Å². The summed E-state index contributed by atoms with van der Waals surface area (Å²) in [6, 6.07) is 12.7. The molecule has 6 nitrogen and oxygen atoms in total. The van der Waals surface area contributed by atoms with E-state index in [2.05, 4.69) is 31.4 Å². The molecule has 0 spiro atoms. The van der Waals surface area contributed by atoms with Gasteiger partial charge in [-0.05, 0) is 42.2 Å². The topological polar surface area (TPSA) is 70.7 Å². The zero-order valence-electron chi connectivity index (χ0n) is 17.0. The van der Waals surface area contributed by atoms with Gasteiger partial charge in [-0.1, -0.05) is 39.0 Å². The van der Waals surface area contributed by atoms with Gasteiger partial charge in [0.1, 0.15) is 18.3 Å². The Bertz CT molecular complexity index is 902. The quantitative estimate of drug-likeness (QED) is 0.846. The van der Waals surface area contributed by atoms with Crippen LogP contribution >= 0.6 is 0 Å². The molecule has 0 fully saturated rings. The van der Waals surface area contributed by atoms with Crippen LogP contribution in [0.4, 0.5) is 17.1 Å². The van der Waals surface area contributed by atoms with Crippen LogP contribution in [0.2, 0.25) is 0 Å². The van der Waals surface area contributed by atoms with Crippen molar-refractivity contribution in [3.8, 4) is 5.75 Å². The van der Waals surface area contributed by atoms with E-state index >= 15 is 0 Å². The number of fused-ring (bicyclic) bond motifs is 1. The summed E-state index contributed by atoms with van der Waals surface area (Å²) in [6.07, 6.45) is 0. The number of carbonyl (C=O) groups excluding carboxylic acids is 2. The molecular weight excluding hydrogens is 354 g/mol. The molecule has 0 aromatic heterocycles. The first kappa shape index (κ1) is 19.7. The number of carbonyl (C=O) groups is 2. The summed E-state index contributed by atoms with van der Waals surface area (Å²) >= 11 is 0. The van der Waals surface area contributed by atoms with Gasteiger partial charge in [0.05, 0.1) is 24.2 Å². The molecule has 1 aliphatic heterocycles. The maximum Gasteiger partial charge on any atom is 0.249 e. The maximum atomic E-state index is 13.1. The van der Waals surface area contributed by atoms with Crippen molar-refractivity contribution in [2.75, 3.05) is 29.2 Å². The molecule has 148 valence electrons. The average Bonchev–Trinajstić information content (AvgIpc) is 2.65. The normalized spacial score (nSPS) is 14.8. The summed E-state index contributed by atoms with van der Waals surface area (Å²) in [5.74, 6) is 0.293. The predicted octanol–water partition coefficient (Wildman–Crippen LogP) is 3.78. The summed E-state index contributed by atoms with van der Waals surface area (Å²) in [5.41, 5.74) is 3.21. The molecule has 6 heteroatoms. The lowest BCUT2D eigenvalue weighted by atomic mass is 9.86. The zero-order chi connectivity index (χ0) is 20.5. The first-order valence-corrected chi connectivity index (χ1v) is 9.36. The Balaban J connectivity index is 1.86. The third-order valence-corrected chi connectivity index (χ3v) is 4.84. The number of methoxy groups -OCH3 is 1. The fourth-order valence-electron chi connectivity index (χ4n) is 3.25. The average molecular weight is 381 g/mol. The first-order chi connectivity index (χ1) is 13.2. The molecule has 3 rings (SSSR count). The van der Waals surface area contributed by atoms with Crippen molar-refractivity contribution in [1.29, 1.82) is 0 Å². The van der Waals surface area contributed by atoms with Crippen LogP contribution in [0.3, 0.4) is 0 Å². The van der Waals surface area contributed by atoms with Crippen molar-refractivity contribution in [3.63, 3.8) is 0 Å². The van der Waals surface area contributed by atoms with E-state index in [1.54, 1.807) is 20.1 Å². The van der Waals surface area contributed by atoms with Gasteiger partial charge >= 0.3 is 0 Å². The van der Waals surface area contributed by atoms with Crippen LogP contribution in [0.15, 0.2) is 42.5 Å². The third kappa shape index (κ3) is 3.96. The highest BCUT2D eigenvalue weighted by atomic mass is 16.5. The van der Waals surface area contributed by atoms with Gasteiger partial charge in [0, 0.05) is 0 Å². The van der Waals surface area contributed by atoms with Crippen LogP contribution in [0.1, 0.15) is 33.3 Å². The minimum atomic E-state index is -0.539. The van der Waals surface area contributed by atoms with Gasteiger partial charge in [0.25, 0.3) is 0 Å². The van der Waals surface area contributed by atoms with E-state index in [1.807, 2.05) is 36.4 Å². The van der Waals surface area contributed by atoms with Crippen LogP contribution in [-0.2, 0) is 15.0 Å². The number of rotatable bonds is 4. The number of nitrogens with zero attached hydrogens (tertiary/aromatic N) is 1. The Hall–Kier alpha value is -3.02. The number of nitrogens with one attached hydrogen (secondary N) is 2. The monoisotopic (exact) mass is 381 g/mol. The van der Waals surface area contributed by atoms with Crippen LogP contribution < -0.4 is 20.3 Å². The molecule has 1 aliphatic rings. The number of hydrogen-bond acceptors (Lipinski definition) is 4. The summed E-state index contributed by atoms with van der Waals surface area (Å²) in [5, 5.41) is 6.07. The summed E-state index contributed by atoms with van der Waals surface area (Å²) in [6.45, 7) is 8.20. The Morgan fingerprint density at radius 1 is 1.21 bits per heavy atom. The standard InChI is InChI=1S/C22H27N3O3/c1-14(23-17-12-15(22(2,3)4)10-11-19(17)28-5)21(27)25-13-20(26)24-16-8-6-7-9-18(16)25/h6-12,14,23H,13H2,1-5H3,(H,24,26)/t14-/m0/s1. The third-order valence-electron chi connectivity index (χ3n) is 4.84. The first-order valence-electron chi connectivity index (χ1n) is 9.36. The van der Waals surface area contributed by atoms with Crippen molar-refractivity contribution < 1.29 is 14.3 Å². The lowest BCUT2D eigenvalue weighted by Gasteiger charge is -2.31. The van der Waals surface area contributed by atoms with Crippen molar-refractivity contribution in [3.05, 3.63) is 48.0 Å². The lowest BCUT2D eigenvalue weighted by Crippen LogP contribution is -2.47. The molecule has 0 radical (unpaired) electrons. The molecule has 1 heterocycles. The number of benzene rings is 2. The molecular formula is C22H27N3O3. The van der Waals surface area contributed by atoms with E-state index in [0.717, 1.165) is 11.3 Å². The minimum absolute atomic E-state index is 0.00102. The zero-order valence-corrected chi connectivity index (χ0v) is 17.0. The van der Waals surface area contributed by atoms with E-state index in [-0.39, 0.29) is 23.8 Å². The Labute approximate surface area is 165 Å². The molecule has 2 aromatic rings. The van der Waals surface area contributed by atoms with E-state index in [4.69, 9.17) is 4.74 Å². The van der Waals surface area contributed by atoms with E-state index in [0.29, 0.717) is 17.1 Å². The maximum absolute atomic E-state index is 13.1. The van der Waals surface area contributed by atoms with Gasteiger partial charge in [-0.15, -0.1) is 0 Å². The largest absolute Gasteiger partial charge is 0.495 e. The van der Waals surface area contributed by atoms with Gasteiger partial charge in [0.2, 0.25) is 11.8 Å². The smallest absolute Gasteiger partial charge is 0.249 e.